The van der Waals surface area contributed by atoms with E-state index in [0.29, 0.717) is 0 Å². The van der Waals surface area contributed by atoms with Gasteiger partial charge in [-0.05, 0) is 6.08 Å². The average molecular weight is 258 g/mol. The lowest BCUT2D eigenvalue weighted by Gasteiger charge is -2.22. The molecule has 0 rings (SSSR count). The number of rotatable bonds is 3. The van der Waals surface area contributed by atoms with Gasteiger partial charge < -0.3 is 0 Å². The summed E-state index contributed by atoms with van der Waals surface area (Å²) in [5, 5.41) is 0. The highest BCUT2D eigenvalue weighted by atomic mass is 19.4. The minimum Gasteiger partial charge on any atom is -0.202 e. The van der Waals surface area contributed by atoms with E-state index in [9.17, 15) is 39.5 Å². The van der Waals surface area contributed by atoms with Crippen LogP contribution >= 0.6 is 0 Å². The van der Waals surface area contributed by atoms with Crippen molar-refractivity contribution in [2.45, 2.75) is 18.0 Å². The van der Waals surface area contributed by atoms with E-state index in [2.05, 4.69) is 6.58 Å². The topological polar surface area (TPSA) is 0 Å². The van der Waals surface area contributed by atoms with E-state index in [1.807, 2.05) is 0 Å². The third kappa shape index (κ3) is 2.50. The highest BCUT2D eigenvalue weighted by molar-refractivity contribution is 5.20. The summed E-state index contributed by atoms with van der Waals surface area (Å²) < 4.78 is 108. The molecule has 0 spiro atoms. The van der Waals surface area contributed by atoms with Gasteiger partial charge in [0.15, 0.2) is 0 Å². The molecule has 0 radical (unpaired) electrons. The van der Waals surface area contributed by atoms with Crippen molar-refractivity contribution in [1.29, 1.82) is 0 Å². The minimum absolute atomic E-state index is 0.782. The quantitative estimate of drug-likeness (QED) is 0.526. The fourth-order valence-corrected chi connectivity index (χ4v) is 0.537. The van der Waals surface area contributed by atoms with Gasteiger partial charge >= 0.3 is 18.0 Å². The Kier molecular flexibility index (Phi) is 3.73. The monoisotopic (exact) mass is 258 g/mol. The molecular formula is C7H3F9. The van der Waals surface area contributed by atoms with E-state index in [1.165, 1.54) is 0 Å². The second-order valence-electron chi connectivity index (χ2n) is 2.53. The number of alkyl halides is 7. The largest absolute Gasteiger partial charge is 0.445 e. The van der Waals surface area contributed by atoms with Gasteiger partial charge in [0.1, 0.15) is 0 Å². The molecule has 94 valence electrons. The van der Waals surface area contributed by atoms with Crippen molar-refractivity contribution in [1.82, 2.24) is 0 Å². The number of hydrogen-bond donors (Lipinski definition) is 0. The first-order valence-corrected chi connectivity index (χ1v) is 3.40. The molecule has 0 atom stereocenters. The van der Waals surface area contributed by atoms with Crippen molar-refractivity contribution in [3.05, 3.63) is 24.3 Å². The van der Waals surface area contributed by atoms with E-state index < -0.39 is 35.8 Å². The Labute approximate surface area is 83.0 Å². The van der Waals surface area contributed by atoms with E-state index in [-0.39, 0.29) is 0 Å². The molecule has 9 heteroatoms. The van der Waals surface area contributed by atoms with E-state index in [0.717, 1.165) is 0 Å². The second-order valence-corrected chi connectivity index (χ2v) is 2.53. The fourth-order valence-electron chi connectivity index (χ4n) is 0.537. The second kappa shape index (κ2) is 4.02. The summed E-state index contributed by atoms with van der Waals surface area (Å²) in [5.74, 6) is -19.1. The molecule has 0 unspecified atom stereocenters. The molecule has 0 amide bonds. The number of halogens is 9. The standard InChI is InChI=1S/C7H3F9/c1-2-5(10,11)6(12,13)3(8)4(9)7(14,15)16/h2H,1H2. The molecule has 0 saturated carbocycles. The highest BCUT2D eigenvalue weighted by Gasteiger charge is 2.61. The zero-order chi connectivity index (χ0) is 13.4. The zero-order valence-electron chi connectivity index (χ0n) is 7.19. The van der Waals surface area contributed by atoms with Crippen LogP contribution in [0.1, 0.15) is 0 Å². The van der Waals surface area contributed by atoms with Crippen molar-refractivity contribution in [2.24, 2.45) is 0 Å². The molecule has 0 saturated heterocycles. The van der Waals surface area contributed by atoms with Gasteiger partial charge in [-0.3, -0.25) is 0 Å². The maximum atomic E-state index is 12.4. The molecule has 0 aliphatic carbocycles. The number of hydrogen-bond acceptors (Lipinski definition) is 0. The van der Waals surface area contributed by atoms with Gasteiger partial charge in [0, 0.05) is 0 Å². The zero-order valence-corrected chi connectivity index (χ0v) is 7.19. The minimum atomic E-state index is -6.11. The average Bonchev–Trinajstić information content (AvgIpc) is 2.13. The van der Waals surface area contributed by atoms with Gasteiger partial charge in [-0.2, -0.15) is 35.1 Å². The smallest absolute Gasteiger partial charge is 0.202 e. The van der Waals surface area contributed by atoms with Crippen LogP contribution in [0.15, 0.2) is 24.3 Å². The van der Waals surface area contributed by atoms with Crippen molar-refractivity contribution >= 4 is 0 Å². The first-order valence-electron chi connectivity index (χ1n) is 3.40. The molecule has 0 aliphatic rings. The van der Waals surface area contributed by atoms with Crippen molar-refractivity contribution in [3.8, 4) is 0 Å². The van der Waals surface area contributed by atoms with Gasteiger partial charge in [-0.1, -0.05) is 6.58 Å². The molecule has 0 nitrogen and oxygen atoms in total. The Morgan fingerprint density at radius 2 is 1.19 bits per heavy atom. The Balaban J connectivity index is 5.59. The molecule has 0 heterocycles. The van der Waals surface area contributed by atoms with Gasteiger partial charge in [0.05, 0.1) is 0 Å². The number of allylic oxidation sites excluding steroid dienone is 3. The molecule has 0 aromatic carbocycles. The summed E-state index contributed by atoms with van der Waals surface area (Å²) in [6, 6.07) is 0. The summed E-state index contributed by atoms with van der Waals surface area (Å²) in [6.45, 7) is 2.18. The lowest BCUT2D eigenvalue weighted by Crippen LogP contribution is -2.40. The van der Waals surface area contributed by atoms with Crippen LogP contribution < -0.4 is 0 Å². The van der Waals surface area contributed by atoms with E-state index in [4.69, 9.17) is 0 Å². The van der Waals surface area contributed by atoms with E-state index in [1.54, 1.807) is 0 Å². The lowest BCUT2D eigenvalue weighted by molar-refractivity contribution is -0.173. The van der Waals surface area contributed by atoms with Gasteiger partial charge in [0.25, 0.3) is 0 Å². The van der Waals surface area contributed by atoms with Crippen LogP contribution in [-0.2, 0) is 0 Å². The van der Waals surface area contributed by atoms with Gasteiger partial charge in [-0.25, -0.2) is 4.39 Å². The van der Waals surface area contributed by atoms with Gasteiger partial charge in [-0.15, -0.1) is 0 Å². The molecule has 0 aliphatic heterocycles. The van der Waals surface area contributed by atoms with Crippen LogP contribution in [0.3, 0.4) is 0 Å². The molecule has 0 bridgehead atoms. The maximum absolute atomic E-state index is 12.4. The Bertz CT molecular complexity index is 308. The predicted octanol–water partition coefficient (Wildman–Crippen LogP) is 4.16. The predicted molar refractivity (Wildman–Crippen MR) is 35.4 cm³/mol. The van der Waals surface area contributed by atoms with Crippen LogP contribution in [0.25, 0.3) is 0 Å². The molecule has 16 heavy (non-hydrogen) atoms. The first-order chi connectivity index (χ1) is 6.88. The molecule has 0 N–H and O–H groups in total. The molecule has 0 aromatic heterocycles. The SMILES string of the molecule is C=CC(F)(F)C(F)(F)C(F)=C(F)C(F)(F)F. The summed E-state index contributed by atoms with van der Waals surface area (Å²) in [6.07, 6.45) is -6.89. The highest BCUT2D eigenvalue weighted by Crippen LogP contribution is 2.45. The van der Waals surface area contributed by atoms with Crippen LogP contribution in [0.4, 0.5) is 39.5 Å². The van der Waals surface area contributed by atoms with Crippen LogP contribution in [0.5, 0.6) is 0 Å². The van der Waals surface area contributed by atoms with E-state index >= 15 is 0 Å². The van der Waals surface area contributed by atoms with Gasteiger partial charge in [0.2, 0.25) is 11.7 Å². The first kappa shape index (κ1) is 14.8. The third-order valence-electron chi connectivity index (χ3n) is 1.39. The van der Waals surface area contributed by atoms with Crippen molar-refractivity contribution < 1.29 is 39.5 Å². The molecular weight excluding hydrogens is 255 g/mol. The summed E-state index contributed by atoms with van der Waals surface area (Å²) >= 11 is 0. The Morgan fingerprint density at radius 1 is 0.812 bits per heavy atom. The summed E-state index contributed by atoms with van der Waals surface area (Å²) in [4.78, 5) is 0. The third-order valence-corrected chi connectivity index (χ3v) is 1.39. The Morgan fingerprint density at radius 3 is 1.44 bits per heavy atom. The van der Waals surface area contributed by atoms with Crippen LogP contribution in [0, 0.1) is 0 Å². The maximum Gasteiger partial charge on any atom is 0.445 e. The van der Waals surface area contributed by atoms with Crippen molar-refractivity contribution in [3.63, 3.8) is 0 Å². The summed E-state index contributed by atoms with van der Waals surface area (Å²) in [7, 11) is 0. The molecule has 0 fully saturated rings. The fraction of sp³-hybridized carbons (Fsp3) is 0.429. The van der Waals surface area contributed by atoms with Crippen LogP contribution in [-0.4, -0.2) is 18.0 Å². The lowest BCUT2D eigenvalue weighted by atomic mass is 10.1. The Hall–Kier alpha value is -1.15. The van der Waals surface area contributed by atoms with Crippen LogP contribution in [0.2, 0.25) is 0 Å². The molecule has 0 aromatic rings. The normalized spacial score (nSPS) is 15.8. The summed E-state index contributed by atoms with van der Waals surface area (Å²) in [5.41, 5.74) is 0. The van der Waals surface area contributed by atoms with Crippen molar-refractivity contribution in [2.75, 3.05) is 0 Å².